The molecule has 0 aliphatic heterocycles. The molecule has 0 spiro atoms. The molecule has 4 nitrogen and oxygen atoms in total. The summed E-state index contributed by atoms with van der Waals surface area (Å²) in [6.45, 7) is 4.41. The highest BCUT2D eigenvalue weighted by atomic mass is 31.2. The van der Waals surface area contributed by atoms with Gasteiger partial charge in [0.05, 0.1) is 6.61 Å². The van der Waals surface area contributed by atoms with Crippen LogP contribution in [0.15, 0.2) is 0 Å². The first-order valence-corrected chi connectivity index (χ1v) is 4.64. The van der Waals surface area contributed by atoms with Gasteiger partial charge in [-0.15, -0.1) is 0 Å². The van der Waals surface area contributed by atoms with Crippen LogP contribution in [0.2, 0.25) is 0 Å². The zero-order valence-electron chi connectivity index (χ0n) is 7.16. The molecule has 5 heteroatoms. The third-order valence-corrected chi connectivity index (χ3v) is 2.02. The smallest absolute Gasteiger partial charge is 0.327 e. The number of nitrogens with one attached hydrogen (secondary N) is 1. The zero-order chi connectivity index (χ0) is 8.91. The Hall–Kier alpha value is 0.270. The van der Waals surface area contributed by atoms with Crippen molar-refractivity contribution in [2.24, 2.45) is 0 Å². The quantitative estimate of drug-likeness (QED) is 0.543. The van der Waals surface area contributed by atoms with Gasteiger partial charge in [-0.25, -0.2) is 0 Å². The third kappa shape index (κ3) is 6.66. The Labute approximate surface area is 68.6 Å². The van der Waals surface area contributed by atoms with Crippen LogP contribution < -0.4 is 5.32 Å². The molecule has 0 heterocycles. The molecular formula is C6H16NO3P. The second kappa shape index (κ2) is 5.01. The molecule has 0 saturated carbocycles. The fourth-order valence-electron chi connectivity index (χ4n) is 0.507. The van der Waals surface area contributed by atoms with Crippen LogP contribution in [0.1, 0.15) is 20.3 Å². The van der Waals surface area contributed by atoms with Crippen molar-refractivity contribution in [2.75, 3.05) is 13.7 Å². The maximum Gasteiger partial charge on any atom is 0.327 e. The summed E-state index contributed by atoms with van der Waals surface area (Å²) in [6.07, 6.45) is 0.753. The van der Waals surface area contributed by atoms with Gasteiger partial charge in [0.2, 0.25) is 0 Å². The lowest BCUT2D eigenvalue weighted by molar-refractivity contribution is 0.221. The van der Waals surface area contributed by atoms with Gasteiger partial charge >= 0.3 is 8.60 Å². The average molecular weight is 181 g/mol. The van der Waals surface area contributed by atoms with Gasteiger partial charge in [0, 0.05) is 5.54 Å². The summed E-state index contributed by atoms with van der Waals surface area (Å²) in [6, 6.07) is 0. The standard InChI is InChI=1S/C6H16NO3P/c1-6(2,7-3)4-5-10-11(8)9/h7-9H,4-5H2,1-3H3. The van der Waals surface area contributed by atoms with E-state index in [1.165, 1.54) is 0 Å². The Morgan fingerprint density at radius 3 is 2.36 bits per heavy atom. The van der Waals surface area contributed by atoms with E-state index in [4.69, 9.17) is 9.79 Å². The van der Waals surface area contributed by atoms with Gasteiger partial charge in [0.25, 0.3) is 0 Å². The van der Waals surface area contributed by atoms with E-state index in [1.807, 2.05) is 20.9 Å². The van der Waals surface area contributed by atoms with E-state index in [9.17, 15) is 0 Å². The molecule has 0 aromatic rings. The van der Waals surface area contributed by atoms with Crippen molar-refractivity contribution in [3.8, 4) is 0 Å². The molecule has 0 amide bonds. The van der Waals surface area contributed by atoms with Crippen LogP contribution >= 0.6 is 8.60 Å². The van der Waals surface area contributed by atoms with Crippen LogP contribution in [0.4, 0.5) is 0 Å². The number of rotatable bonds is 5. The van der Waals surface area contributed by atoms with Gasteiger partial charge in [0.1, 0.15) is 0 Å². The summed E-state index contributed by atoms with van der Waals surface area (Å²) in [7, 11) is -0.324. The SMILES string of the molecule is CNC(C)(C)CCOP(O)O. The topological polar surface area (TPSA) is 61.7 Å². The molecule has 0 aliphatic rings. The molecule has 68 valence electrons. The van der Waals surface area contributed by atoms with Crippen molar-refractivity contribution in [1.29, 1.82) is 0 Å². The van der Waals surface area contributed by atoms with Crippen molar-refractivity contribution in [3.63, 3.8) is 0 Å². The highest BCUT2D eigenvalue weighted by Gasteiger charge is 2.14. The highest BCUT2D eigenvalue weighted by Crippen LogP contribution is 2.25. The molecule has 0 aliphatic carbocycles. The minimum absolute atomic E-state index is 0.00859. The van der Waals surface area contributed by atoms with Crippen LogP contribution in [0.5, 0.6) is 0 Å². The van der Waals surface area contributed by atoms with Gasteiger partial charge in [-0.1, -0.05) is 0 Å². The molecule has 11 heavy (non-hydrogen) atoms. The Kier molecular flexibility index (Phi) is 5.13. The predicted molar refractivity (Wildman–Crippen MR) is 45.1 cm³/mol. The maximum atomic E-state index is 8.40. The van der Waals surface area contributed by atoms with Crippen molar-refractivity contribution < 1.29 is 14.3 Å². The van der Waals surface area contributed by atoms with Crippen LogP contribution in [-0.4, -0.2) is 29.0 Å². The molecule has 3 N–H and O–H groups in total. The van der Waals surface area contributed by atoms with Gasteiger partial charge < -0.3 is 19.6 Å². The third-order valence-electron chi connectivity index (χ3n) is 1.61. The van der Waals surface area contributed by atoms with Crippen LogP contribution in [-0.2, 0) is 4.52 Å². The molecular weight excluding hydrogens is 165 g/mol. The average Bonchev–Trinajstić information content (AvgIpc) is 1.87. The van der Waals surface area contributed by atoms with E-state index in [1.54, 1.807) is 0 Å². The van der Waals surface area contributed by atoms with Crippen molar-refractivity contribution in [3.05, 3.63) is 0 Å². The summed E-state index contributed by atoms with van der Waals surface area (Å²) >= 11 is 0. The summed E-state index contributed by atoms with van der Waals surface area (Å²) in [5, 5.41) is 3.08. The van der Waals surface area contributed by atoms with Gasteiger partial charge in [0.15, 0.2) is 0 Å². The van der Waals surface area contributed by atoms with Crippen molar-refractivity contribution in [2.45, 2.75) is 25.8 Å². The van der Waals surface area contributed by atoms with E-state index in [-0.39, 0.29) is 5.54 Å². The molecule has 0 atom stereocenters. The molecule has 0 rings (SSSR count). The Morgan fingerprint density at radius 2 is 2.00 bits per heavy atom. The maximum absolute atomic E-state index is 8.40. The monoisotopic (exact) mass is 181 g/mol. The first-order chi connectivity index (χ1) is 4.98. The van der Waals surface area contributed by atoms with Crippen molar-refractivity contribution in [1.82, 2.24) is 5.32 Å². The van der Waals surface area contributed by atoms with E-state index in [2.05, 4.69) is 9.84 Å². The number of hydrogen-bond donors (Lipinski definition) is 3. The zero-order valence-corrected chi connectivity index (χ0v) is 8.06. The predicted octanol–water partition coefficient (Wildman–Crippen LogP) is 0.603. The lowest BCUT2D eigenvalue weighted by Crippen LogP contribution is -2.37. The summed E-state index contributed by atoms with van der Waals surface area (Å²) in [5.74, 6) is 0. The molecule has 0 aromatic heterocycles. The molecule has 0 fully saturated rings. The first kappa shape index (κ1) is 11.3. The first-order valence-electron chi connectivity index (χ1n) is 3.47. The highest BCUT2D eigenvalue weighted by molar-refractivity contribution is 7.39. The Balaban J connectivity index is 3.38. The van der Waals surface area contributed by atoms with E-state index < -0.39 is 8.60 Å². The van der Waals surface area contributed by atoms with E-state index in [0.29, 0.717) is 6.61 Å². The van der Waals surface area contributed by atoms with Gasteiger partial charge in [-0.05, 0) is 27.3 Å². The summed E-state index contributed by atoms with van der Waals surface area (Å²) in [4.78, 5) is 16.8. The largest absolute Gasteiger partial charge is 0.328 e. The van der Waals surface area contributed by atoms with Gasteiger partial charge in [-0.3, -0.25) is 0 Å². The van der Waals surface area contributed by atoms with Crippen LogP contribution in [0.25, 0.3) is 0 Å². The van der Waals surface area contributed by atoms with Gasteiger partial charge in [-0.2, -0.15) is 0 Å². The second-order valence-electron chi connectivity index (χ2n) is 2.97. The lowest BCUT2D eigenvalue weighted by atomic mass is 10.0. The fourth-order valence-corrected chi connectivity index (χ4v) is 0.762. The molecule has 0 saturated heterocycles. The number of hydrogen-bond acceptors (Lipinski definition) is 4. The molecule has 0 radical (unpaired) electrons. The Morgan fingerprint density at radius 1 is 1.45 bits per heavy atom. The minimum atomic E-state index is -2.19. The normalized spacial score (nSPS) is 12.5. The Bertz CT molecular complexity index is 108. The second-order valence-corrected chi connectivity index (χ2v) is 3.73. The summed E-state index contributed by atoms with van der Waals surface area (Å²) < 4.78 is 4.62. The van der Waals surface area contributed by atoms with E-state index in [0.717, 1.165) is 6.42 Å². The molecule has 0 bridgehead atoms. The van der Waals surface area contributed by atoms with Crippen LogP contribution in [0.3, 0.4) is 0 Å². The van der Waals surface area contributed by atoms with Crippen molar-refractivity contribution >= 4 is 8.60 Å². The van der Waals surface area contributed by atoms with E-state index >= 15 is 0 Å². The fraction of sp³-hybridized carbons (Fsp3) is 1.00. The minimum Gasteiger partial charge on any atom is -0.328 e. The molecule has 0 aromatic carbocycles. The summed E-state index contributed by atoms with van der Waals surface area (Å²) in [5.41, 5.74) is -0.00859. The molecule has 0 unspecified atom stereocenters. The van der Waals surface area contributed by atoms with Crippen LogP contribution in [0, 0.1) is 0 Å². The lowest BCUT2D eigenvalue weighted by Gasteiger charge is -2.23.